The van der Waals surface area contributed by atoms with Crippen LogP contribution in [-0.2, 0) is 9.53 Å². The van der Waals surface area contributed by atoms with E-state index in [-0.39, 0.29) is 49.0 Å². The van der Waals surface area contributed by atoms with Gasteiger partial charge in [-0.25, -0.2) is 0 Å². The molecule has 4 rings (SSSR count). The molecule has 2 N–H and O–H groups in total. The molecule has 180 valence electrons. The van der Waals surface area contributed by atoms with Gasteiger partial charge in [0.1, 0.15) is 24.2 Å². The first-order valence-electron chi connectivity index (χ1n) is 11.2. The number of carbonyl (C=O) groups excluding carboxylic acids is 3. The van der Waals surface area contributed by atoms with Gasteiger partial charge in [-0.15, -0.1) is 0 Å². The van der Waals surface area contributed by atoms with Gasteiger partial charge in [0.15, 0.2) is 0 Å². The first kappa shape index (κ1) is 23.6. The molecule has 9 nitrogen and oxygen atoms in total. The highest BCUT2D eigenvalue weighted by atomic mass is 16.5. The number of hydrogen-bond donors (Lipinski definition) is 2. The molecule has 1 fully saturated rings. The molecule has 2 heterocycles. The van der Waals surface area contributed by atoms with Gasteiger partial charge in [0.05, 0.1) is 31.2 Å². The number of likely N-dealkylation sites (N-methyl/N-ethyl adjacent to an activating group) is 1. The molecule has 0 aromatic heterocycles. The summed E-state index contributed by atoms with van der Waals surface area (Å²) in [7, 11) is 4.91. The average Bonchev–Trinajstić information content (AvgIpc) is 2.86. The van der Waals surface area contributed by atoms with Crippen LogP contribution in [-0.4, -0.2) is 68.7 Å². The van der Waals surface area contributed by atoms with Crippen molar-refractivity contribution >= 4 is 23.4 Å². The zero-order chi connectivity index (χ0) is 24.2. The van der Waals surface area contributed by atoms with E-state index in [1.807, 2.05) is 0 Å². The SMILES string of the molecule is CNC(=O)C[C@@H]1CC[C@@H]2[C@@H](COc3ccc(NC(=O)c4ccc(OC)cc4)cc3C(=O)N2C)O1. The highest BCUT2D eigenvalue weighted by Crippen LogP contribution is 2.32. The van der Waals surface area contributed by atoms with Crippen molar-refractivity contribution in [2.24, 2.45) is 0 Å². The van der Waals surface area contributed by atoms with E-state index in [4.69, 9.17) is 14.2 Å². The zero-order valence-corrected chi connectivity index (χ0v) is 19.5. The summed E-state index contributed by atoms with van der Waals surface area (Å²) in [4.78, 5) is 39.4. The van der Waals surface area contributed by atoms with Crippen LogP contribution in [0.1, 0.15) is 40.0 Å². The standard InChI is InChI=1S/C25H29N3O6/c1-26-23(29)13-18-9-10-20-22(34-18)14-33-21-11-6-16(12-19(21)25(31)28(20)2)27-24(30)15-4-7-17(32-3)8-5-15/h4-8,11-12,18,20,22H,9-10,13-14H2,1-3H3,(H,26,29)(H,27,30)/t18-,20+,22+/m0/s1. The van der Waals surface area contributed by atoms with Gasteiger partial charge >= 0.3 is 0 Å². The maximum atomic E-state index is 13.3. The number of amides is 3. The van der Waals surface area contributed by atoms with Crippen LogP contribution < -0.4 is 20.1 Å². The van der Waals surface area contributed by atoms with E-state index in [0.717, 1.165) is 0 Å². The molecular formula is C25H29N3O6. The maximum Gasteiger partial charge on any atom is 0.257 e. The van der Waals surface area contributed by atoms with Crippen LogP contribution in [0.5, 0.6) is 11.5 Å². The average molecular weight is 468 g/mol. The number of nitrogens with one attached hydrogen (secondary N) is 2. The number of fused-ring (bicyclic) bond motifs is 2. The van der Waals surface area contributed by atoms with Gasteiger partial charge in [-0.1, -0.05) is 0 Å². The summed E-state index contributed by atoms with van der Waals surface area (Å²) in [5, 5.41) is 5.45. The van der Waals surface area contributed by atoms with E-state index < -0.39 is 0 Å². The number of methoxy groups -OCH3 is 1. The number of nitrogens with zero attached hydrogens (tertiary/aromatic N) is 1. The van der Waals surface area contributed by atoms with E-state index in [2.05, 4.69) is 10.6 Å². The van der Waals surface area contributed by atoms with Crippen molar-refractivity contribution in [3.8, 4) is 11.5 Å². The van der Waals surface area contributed by atoms with Crippen LogP contribution in [0.25, 0.3) is 0 Å². The first-order valence-corrected chi connectivity index (χ1v) is 11.2. The Morgan fingerprint density at radius 3 is 2.62 bits per heavy atom. The van der Waals surface area contributed by atoms with Gasteiger partial charge in [0, 0.05) is 25.3 Å². The summed E-state index contributed by atoms with van der Waals surface area (Å²) >= 11 is 0. The van der Waals surface area contributed by atoms with Crippen molar-refractivity contribution in [2.45, 2.75) is 37.5 Å². The molecule has 3 amide bonds. The lowest BCUT2D eigenvalue weighted by Crippen LogP contribution is -2.53. The lowest BCUT2D eigenvalue weighted by molar-refractivity contribution is -0.133. The number of benzene rings is 2. The van der Waals surface area contributed by atoms with Crippen LogP contribution in [0.2, 0.25) is 0 Å². The summed E-state index contributed by atoms with van der Waals surface area (Å²) in [6.07, 6.45) is 1.13. The quantitative estimate of drug-likeness (QED) is 0.700. The van der Waals surface area contributed by atoms with E-state index in [1.54, 1.807) is 68.6 Å². The molecule has 0 radical (unpaired) electrons. The smallest absolute Gasteiger partial charge is 0.257 e. The number of anilines is 1. The monoisotopic (exact) mass is 467 g/mol. The maximum absolute atomic E-state index is 13.3. The van der Waals surface area contributed by atoms with E-state index in [0.29, 0.717) is 41.2 Å². The summed E-state index contributed by atoms with van der Waals surface area (Å²) in [5.74, 6) is 0.508. The third-order valence-electron chi connectivity index (χ3n) is 6.31. The van der Waals surface area contributed by atoms with Crippen LogP contribution >= 0.6 is 0 Å². The van der Waals surface area contributed by atoms with Crippen molar-refractivity contribution in [1.29, 1.82) is 0 Å². The fourth-order valence-corrected chi connectivity index (χ4v) is 4.36. The summed E-state index contributed by atoms with van der Waals surface area (Å²) in [5.41, 5.74) is 1.34. The van der Waals surface area contributed by atoms with Crippen molar-refractivity contribution < 1.29 is 28.6 Å². The zero-order valence-electron chi connectivity index (χ0n) is 19.5. The van der Waals surface area contributed by atoms with Crippen molar-refractivity contribution in [3.05, 3.63) is 53.6 Å². The third-order valence-corrected chi connectivity index (χ3v) is 6.31. The number of rotatable bonds is 5. The number of hydrogen-bond acceptors (Lipinski definition) is 6. The Morgan fingerprint density at radius 1 is 1.15 bits per heavy atom. The van der Waals surface area contributed by atoms with Crippen LogP contribution in [0.3, 0.4) is 0 Å². The Kier molecular flexibility index (Phi) is 7.02. The second-order valence-corrected chi connectivity index (χ2v) is 8.44. The van der Waals surface area contributed by atoms with Crippen LogP contribution in [0, 0.1) is 0 Å². The van der Waals surface area contributed by atoms with Gasteiger partial charge < -0.3 is 29.7 Å². The normalized spacial score (nSPS) is 21.8. The Morgan fingerprint density at radius 2 is 1.91 bits per heavy atom. The molecule has 2 aliphatic rings. The van der Waals surface area contributed by atoms with Gasteiger partial charge in [0.25, 0.3) is 11.8 Å². The minimum atomic E-state index is -0.333. The second kappa shape index (κ2) is 10.1. The summed E-state index contributed by atoms with van der Waals surface area (Å²) in [6.45, 7) is 0.261. The Labute approximate surface area is 198 Å². The highest BCUT2D eigenvalue weighted by Gasteiger charge is 2.39. The van der Waals surface area contributed by atoms with Crippen LogP contribution in [0.15, 0.2) is 42.5 Å². The molecule has 3 atom stereocenters. The van der Waals surface area contributed by atoms with Crippen molar-refractivity contribution in [2.75, 3.05) is 33.1 Å². The fourth-order valence-electron chi connectivity index (χ4n) is 4.36. The minimum absolute atomic E-state index is 0.0748. The summed E-state index contributed by atoms with van der Waals surface area (Å²) in [6, 6.07) is 11.6. The molecule has 2 aliphatic heterocycles. The van der Waals surface area contributed by atoms with E-state index >= 15 is 0 Å². The van der Waals surface area contributed by atoms with Crippen molar-refractivity contribution in [1.82, 2.24) is 10.2 Å². The Balaban J connectivity index is 1.50. The molecule has 1 saturated heterocycles. The topological polar surface area (TPSA) is 106 Å². The molecule has 34 heavy (non-hydrogen) atoms. The van der Waals surface area contributed by atoms with Gasteiger partial charge in [-0.05, 0) is 55.3 Å². The minimum Gasteiger partial charge on any atom is -0.497 e. The molecule has 0 spiro atoms. The van der Waals surface area contributed by atoms with Crippen LogP contribution in [0.4, 0.5) is 5.69 Å². The van der Waals surface area contributed by atoms with Gasteiger partial charge in [0.2, 0.25) is 5.91 Å². The molecular weight excluding hydrogens is 438 g/mol. The molecule has 0 aliphatic carbocycles. The van der Waals surface area contributed by atoms with Gasteiger partial charge in [-0.2, -0.15) is 0 Å². The molecule has 2 aromatic carbocycles. The fraction of sp³-hybridized carbons (Fsp3) is 0.400. The lowest BCUT2D eigenvalue weighted by Gasteiger charge is -2.42. The Hall–Kier alpha value is -3.59. The molecule has 0 unspecified atom stereocenters. The summed E-state index contributed by atoms with van der Waals surface area (Å²) < 4.78 is 17.2. The van der Waals surface area contributed by atoms with Gasteiger partial charge in [-0.3, -0.25) is 14.4 Å². The number of ether oxygens (including phenoxy) is 3. The molecule has 9 heteroatoms. The van der Waals surface area contributed by atoms with E-state index in [9.17, 15) is 14.4 Å². The largest absolute Gasteiger partial charge is 0.497 e. The molecule has 0 bridgehead atoms. The molecule has 0 saturated carbocycles. The Bertz CT molecular complexity index is 1070. The molecule has 2 aromatic rings. The predicted molar refractivity (Wildman–Crippen MR) is 125 cm³/mol. The second-order valence-electron chi connectivity index (χ2n) is 8.44. The van der Waals surface area contributed by atoms with E-state index in [1.165, 1.54) is 0 Å². The highest BCUT2D eigenvalue weighted by molar-refractivity contribution is 6.05. The third kappa shape index (κ3) is 4.99. The number of carbonyl (C=O) groups is 3. The predicted octanol–water partition coefficient (Wildman–Crippen LogP) is 2.46. The lowest BCUT2D eigenvalue weighted by atomic mass is 9.94. The van der Waals surface area contributed by atoms with Crippen molar-refractivity contribution in [3.63, 3.8) is 0 Å². The first-order chi connectivity index (χ1) is 16.4.